The van der Waals surface area contributed by atoms with Gasteiger partial charge in [-0.3, -0.25) is 0 Å². The van der Waals surface area contributed by atoms with E-state index in [0.29, 0.717) is 21.9 Å². The number of fused-ring (bicyclic) bond motifs is 3. The van der Waals surface area contributed by atoms with Crippen LogP contribution in [-0.4, -0.2) is 25.2 Å². The predicted molar refractivity (Wildman–Crippen MR) is 96.6 cm³/mol. The fourth-order valence-corrected chi connectivity index (χ4v) is 3.02. The van der Waals surface area contributed by atoms with E-state index in [2.05, 4.69) is 0 Å². The van der Waals surface area contributed by atoms with Gasteiger partial charge in [0, 0.05) is 10.8 Å². The Morgan fingerprint density at radius 3 is 2.35 bits per heavy atom. The lowest BCUT2D eigenvalue weighted by atomic mass is 9.93. The molecule has 1 heterocycles. The number of hydrogen-bond donors (Lipinski definition) is 0. The minimum atomic E-state index is -0.630. The second-order valence-electron chi connectivity index (χ2n) is 5.67. The highest BCUT2D eigenvalue weighted by atomic mass is 16.5. The highest BCUT2D eigenvalue weighted by molar-refractivity contribution is 6.17. The van der Waals surface area contributed by atoms with Gasteiger partial charge in [-0.25, -0.2) is 14.4 Å². The first kappa shape index (κ1) is 17.7. The first-order chi connectivity index (χ1) is 12.5. The fraction of sp³-hybridized carbons (Fsp3) is 0.250. The zero-order chi connectivity index (χ0) is 18.8. The Morgan fingerprint density at radius 2 is 1.65 bits per heavy atom. The van der Waals surface area contributed by atoms with E-state index in [1.54, 1.807) is 45.0 Å². The first-order valence-electron chi connectivity index (χ1n) is 8.33. The number of carbonyl (C=O) groups is 2. The summed E-state index contributed by atoms with van der Waals surface area (Å²) in [5.74, 6) is -1.21. The molecule has 0 amide bonds. The number of para-hydroxylation sites is 1. The molecule has 134 valence electrons. The quantitative estimate of drug-likeness (QED) is 0.404. The van der Waals surface area contributed by atoms with Crippen LogP contribution in [-0.2, 0) is 9.47 Å². The van der Waals surface area contributed by atoms with Crippen LogP contribution < -0.4 is 5.63 Å². The molecule has 3 rings (SSSR count). The average molecular weight is 354 g/mol. The van der Waals surface area contributed by atoms with Crippen molar-refractivity contribution in [3.63, 3.8) is 0 Å². The Morgan fingerprint density at radius 1 is 1.00 bits per heavy atom. The van der Waals surface area contributed by atoms with Gasteiger partial charge >= 0.3 is 17.6 Å². The molecular formula is C20H18O6. The molecule has 0 N–H and O–H groups in total. The zero-order valence-corrected chi connectivity index (χ0v) is 14.8. The number of hydrogen-bond acceptors (Lipinski definition) is 6. The Hall–Kier alpha value is -3.15. The SMILES string of the molecule is CCOC(=O)c1cc2c(=O)oc3ccccc3c2c(C(=O)OCC)c1C. The maximum atomic E-state index is 12.7. The van der Waals surface area contributed by atoms with Crippen molar-refractivity contribution in [2.45, 2.75) is 20.8 Å². The number of rotatable bonds is 4. The van der Waals surface area contributed by atoms with E-state index in [1.165, 1.54) is 6.07 Å². The molecule has 6 heteroatoms. The van der Waals surface area contributed by atoms with E-state index in [1.807, 2.05) is 0 Å². The summed E-state index contributed by atoms with van der Waals surface area (Å²) in [5.41, 5.74) is 0.459. The van der Waals surface area contributed by atoms with Crippen LogP contribution in [0.15, 0.2) is 39.5 Å². The molecule has 6 nitrogen and oxygen atoms in total. The summed E-state index contributed by atoms with van der Waals surface area (Å²) in [6.45, 7) is 5.36. The second kappa shape index (κ2) is 7.00. The van der Waals surface area contributed by atoms with E-state index in [0.717, 1.165) is 0 Å². The topological polar surface area (TPSA) is 82.8 Å². The van der Waals surface area contributed by atoms with Crippen molar-refractivity contribution in [1.82, 2.24) is 0 Å². The predicted octanol–water partition coefficient (Wildman–Crippen LogP) is 3.61. The fourth-order valence-electron chi connectivity index (χ4n) is 3.02. The maximum absolute atomic E-state index is 12.7. The molecule has 0 unspecified atom stereocenters. The number of esters is 2. The summed E-state index contributed by atoms with van der Waals surface area (Å²) in [6.07, 6.45) is 0. The largest absolute Gasteiger partial charge is 0.462 e. The summed E-state index contributed by atoms with van der Waals surface area (Å²) >= 11 is 0. The molecule has 0 fully saturated rings. The minimum Gasteiger partial charge on any atom is -0.462 e. The lowest BCUT2D eigenvalue weighted by Crippen LogP contribution is -2.15. The van der Waals surface area contributed by atoms with Crippen molar-refractivity contribution in [2.75, 3.05) is 13.2 Å². The van der Waals surface area contributed by atoms with Gasteiger partial charge in [-0.2, -0.15) is 0 Å². The van der Waals surface area contributed by atoms with E-state index in [4.69, 9.17) is 13.9 Å². The zero-order valence-electron chi connectivity index (χ0n) is 14.8. The van der Waals surface area contributed by atoms with Gasteiger partial charge in [-0.15, -0.1) is 0 Å². The molecule has 0 aliphatic rings. The van der Waals surface area contributed by atoms with Gasteiger partial charge in [0.25, 0.3) is 0 Å². The van der Waals surface area contributed by atoms with Gasteiger partial charge in [-0.05, 0) is 38.5 Å². The summed E-state index contributed by atoms with van der Waals surface area (Å²) in [7, 11) is 0. The van der Waals surface area contributed by atoms with E-state index in [9.17, 15) is 14.4 Å². The van der Waals surface area contributed by atoms with Crippen LogP contribution in [0.1, 0.15) is 40.1 Å². The van der Waals surface area contributed by atoms with Crippen molar-refractivity contribution in [1.29, 1.82) is 0 Å². The summed E-state index contributed by atoms with van der Waals surface area (Å²) in [6, 6.07) is 8.35. The molecule has 0 saturated heterocycles. The molecule has 0 aliphatic heterocycles. The lowest BCUT2D eigenvalue weighted by Gasteiger charge is -2.14. The molecule has 1 aromatic heterocycles. The molecule has 0 saturated carbocycles. The van der Waals surface area contributed by atoms with Crippen molar-refractivity contribution in [3.05, 3.63) is 57.4 Å². The van der Waals surface area contributed by atoms with Gasteiger partial charge in [-0.1, -0.05) is 18.2 Å². The molecule has 0 radical (unpaired) electrons. The van der Waals surface area contributed by atoms with Crippen LogP contribution in [0, 0.1) is 6.92 Å². The average Bonchev–Trinajstić information content (AvgIpc) is 2.61. The lowest BCUT2D eigenvalue weighted by molar-refractivity contribution is 0.0525. The third kappa shape index (κ3) is 2.83. The highest BCUT2D eigenvalue weighted by Gasteiger charge is 2.25. The highest BCUT2D eigenvalue weighted by Crippen LogP contribution is 2.31. The van der Waals surface area contributed by atoms with Gasteiger partial charge in [0.2, 0.25) is 0 Å². The Balaban J connectivity index is 2.51. The van der Waals surface area contributed by atoms with Crippen LogP contribution >= 0.6 is 0 Å². The Labute approximate surface area is 149 Å². The number of benzene rings is 2. The molecular weight excluding hydrogens is 336 g/mol. The van der Waals surface area contributed by atoms with Crippen molar-refractivity contribution in [3.8, 4) is 0 Å². The third-order valence-electron chi connectivity index (χ3n) is 4.14. The molecule has 0 atom stereocenters. The first-order valence-corrected chi connectivity index (χ1v) is 8.33. The van der Waals surface area contributed by atoms with Crippen LogP contribution in [0.25, 0.3) is 21.7 Å². The standard InChI is InChI=1S/C20H18O6/c1-4-24-18(21)13-10-14-17(16(11(13)3)20(23)25-5-2)12-8-6-7-9-15(12)26-19(14)22/h6-10H,4-5H2,1-3H3. The van der Waals surface area contributed by atoms with Crippen LogP contribution in [0.3, 0.4) is 0 Å². The summed E-state index contributed by atoms with van der Waals surface area (Å²) < 4.78 is 15.6. The van der Waals surface area contributed by atoms with E-state index < -0.39 is 17.6 Å². The smallest absolute Gasteiger partial charge is 0.344 e. The van der Waals surface area contributed by atoms with Crippen LogP contribution in [0.4, 0.5) is 0 Å². The van der Waals surface area contributed by atoms with E-state index in [-0.39, 0.29) is 29.7 Å². The van der Waals surface area contributed by atoms with Crippen molar-refractivity contribution in [2.24, 2.45) is 0 Å². The van der Waals surface area contributed by atoms with Crippen molar-refractivity contribution < 1.29 is 23.5 Å². The van der Waals surface area contributed by atoms with Gasteiger partial charge < -0.3 is 13.9 Å². The molecule has 0 bridgehead atoms. The maximum Gasteiger partial charge on any atom is 0.344 e. The van der Waals surface area contributed by atoms with Crippen LogP contribution in [0.2, 0.25) is 0 Å². The monoisotopic (exact) mass is 354 g/mol. The van der Waals surface area contributed by atoms with Gasteiger partial charge in [0.15, 0.2) is 0 Å². The van der Waals surface area contributed by atoms with E-state index >= 15 is 0 Å². The van der Waals surface area contributed by atoms with Gasteiger partial charge in [0.1, 0.15) is 5.58 Å². The third-order valence-corrected chi connectivity index (χ3v) is 4.14. The Bertz CT molecular complexity index is 1080. The molecule has 3 aromatic rings. The number of carbonyl (C=O) groups excluding carboxylic acids is 2. The molecule has 0 spiro atoms. The minimum absolute atomic E-state index is 0.139. The number of ether oxygens (including phenoxy) is 2. The second-order valence-corrected chi connectivity index (χ2v) is 5.67. The normalized spacial score (nSPS) is 10.9. The summed E-state index contributed by atoms with van der Waals surface area (Å²) in [5, 5.41) is 1.16. The van der Waals surface area contributed by atoms with Crippen LogP contribution in [0.5, 0.6) is 0 Å². The summed E-state index contributed by atoms with van der Waals surface area (Å²) in [4.78, 5) is 37.5. The molecule has 2 aromatic carbocycles. The van der Waals surface area contributed by atoms with Crippen molar-refractivity contribution >= 4 is 33.7 Å². The Kier molecular flexibility index (Phi) is 4.75. The van der Waals surface area contributed by atoms with Gasteiger partial charge in [0.05, 0.1) is 29.7 Å². The molecule has 0 aliphatic carbocycles. The molecule has 26 heavy (non-hydrogen) atoms.